The third kappa shape index (κ3) is 60.8. The predicted molar refractivity (Wildman–Crippen MR) is 325 cm³/mol. The number of esters is 3. The van der Waals surface area contributed by atoms with Gasteiger partial charge in [0.2, 0.25) is 0 Å². The van der Waals surface area contributed by atoms with Gasteiger partial charge in [-0.25, -0.2) is 0 Å². The molecule has 0 saturated heterocycles. The summed E-state index contributed by atoms with van der Waals surface area (Å²) in [5, 5.41) is 0. The third-order valence-corrected chi connectivity index (χ3v) is 13.3. The number of hydrogen-bond donors (Lipinski definition) is 0. The molecule has 0 unspecified atom stereocenters. The predicted octanol–water partition coefficient (Wildman–Crippen LogP) is 21.4. The second-order valence-corrected chi connectivity index (χ2v) is 20.6. The van der Waals surface area contributed by atoms with Gasteiger partial charge in [0.15, 0.2) is 6.10 Å². The summed E-state index contributed by atoms with van der Waals surface area (Å²) in [5.74, 6) is -0.956. The summed E-state index contributed by atoms with van der Waals surface area (Å²) in [6, 6.07) is 0. The van der Waals surface area contributed by atoms with Crippen molar-refractivity contribution in [2.24, 2.45) is 0 Å². The van der Waals surface area contributed by atoms with E-state index in [9.17, 15) is 14.4 Å². The summed E-state index contributed by atoms with van der Waals surface area (Å²) < 4.78 is 16.9. The Morgan fingerprint density at radius 2 is 0.520 bits per heavy atom. The van der Waals surface area contributed by atoms with Crippen molar-refractivity contribution >= 4 is 17.9 Å². The van der Waals surface area contributed by atoms with Gasteiger partial charge in [-0.15, -0.1) is 0 Å². The fraction of sp³-hybridized carbons (Fsp3) is 0.696. The normalized spacial score (nSPS) is 12.8. The Hall–Kier alpha value is -3.93. The van der Waals surface area contributed by atoms with Gasteiger partial charge in [-0.2, -0.15) is 0 Å². The molecule has 0 aliphatic rings. The summed E-state index contributed by atoms with van der Waals surface area (Å²) in [6.07, 6.45) is 85.1. The van der Waals surface area contributed by atoms with E-state index >= 15 is 0 Å². The molecule has 0 aromatic carbocycles. The Morgan fingerprint density at radius 1 is 0.280 bits per heavy atom. The highest BCUT2D eigenvalue weighted by atomic mass is 16.6. The van der Waals surface area contributed by atoms with Crippen LogP contribution < -0.4 is 0 Å². The molecular formula is C69H116O6. The van der Waals surface area contributed by atoms with E-state index in [0.29, 0.717) is 19.3 Å². The first-order valence-corrected chi connectivity index (χ1v) is 31.4. The fourth-order valence-electron chi connectivity index (χ4n) is 8.57. The molecule has 0 amide bonds. The minimum Gasteiger partial charge on any atom is -0.462 e. The molecule has 0 spiro atoms. The van der Waals surface area contributed by atoms with Crippen molar-refractivity contribution in [1.82, 2.24) is 0 Å². The van der Waals surface area contributed by atoms with E-state index in [1.807, 2.05) is 0 Å². The maximum absolute atomic E-state index is 12.9. The Morgan fingerprint density at radius 3 is 0.840 bits per heavy atom. The second kappa shape index (κ2) is 62.6. The standard InChI is InChI=1S/C69H116O6/c1-4-7-10-13-16-19-22-25-28-31-34-37-40-43-46-49-52-55-58-61-67(70)73-64-66(75-69(72)63-60-57-54-51-48-45-42-39-36-33-30-27-24-21-18-15-12-9-6-3)65-74-68(71)62-59-56-53-50-47-44-41-38-35-32-29-26-23-20-17-14-11-8-5-2/h7,10,16-17,19-20,25-26,28-29,34-35,37-38,43-44,46-47,66H,4-6,8-9,11-15,18,21-24,27,30-33,36,39-42,45,48-65H2,1-3H3/b10-7-,19-16-,20-17-,28-25-,29-26-,37-34-,38-35-,46-43-,47-44-/t66-/m1/s1. The van der Waals surface area contributed by atoms with E-state index in [-0.39, 0.29) is 31.1 Å². The molecule has 0 saturated carbocycles. The van der Waals surface area contributed by atoms with Gasteiger partial charge in [-0.3, -0.25) is 14.4 Å². The molecule has 75 heavy (non-hydrogen) atoms. The summed E-state index contributed by atoms with van der Waals surface area (Å²) in [7, 11) is 0. The largest absolute Gasteiger partial charge is 0.462 e. The highest BCUT2D eigenvalue weighted by molar-refractivity contribution is 5.71. The highest BCUT2D eigenvalue weighted by Crippen LogP contribution is 2.16. The zero-order chi connectivity index (χ0) is 54.3. The molecule has 428 valence electrons. The lowest BCUT2D eigenvalue weighted by molar-refractivity contribution is -0.167. The maximum Gasteiger partial charge on any atom is 0.306 e. The summed E-state index contributed by atoms with van der Waals surface area (Å²) in [5.41, 5.74) is 0. The van der Waals surface area contributed by atoms with Gasteiger partial charge in [-0.1, -0.05) is 271 Å². The molecule has 0 bridgehead atoms. The number of carbonyl (C=O) groups is 3. The average molecular weight is 1040 g/mol. The Labute approximate surface area is 463 Å². The van der Waals surface area contributed by atoms with Crippen LogP contribution >= 0.6 is 0 Å². The van der Waals surface area contributed by atoms with Crippen LogP contribution in [0.5, 0.6) is 0 Å². The smallest absolute Gasteiger partial charge is 0.306 e. The van der Waals surface area contributed by atoms with Gasteiger partial charge in [0.05, 0.1) is 0 Å². The summed E-state index contributed by atoms with van der Waals surface area (Å²) in [4.78, 5) is 38.3. The van der Waals surface area contributed by atoms with E-state index in [2.05, 4.69) is 130 Å². The number of allylic oxidation sites excluding steroid dienone is 18. The van der Waals surface area contributed by atoms with Crippen molar-refractivity contribution in [3.05, 3.63) is 109 Å². The molecule has 0 aromatic heterocycles. The molecule has 1 atom stereocenters. The molecule has 0 rings (SSSR count). The molecule has 0 radical (unpaired) electrons. The topological polar surface area (TPSA) is 78.9 Å². The minimum absolute atomic E-state index is 0.105. The molecule has 0 aliphatic carbocycles. The van der Waals surface area contributed by atoms with Gasteiger partial charge in [-0.05, 0) is 109 Å². The number of rotatable bonds is 56. The number of unbranched alkanes of at least 4 members (excludes halogenated alkanes) is 27. The van der Waals surface area contributed by atoms with E-state index in [1.54, 1.807) is 0 Å². The minimum atomic E-state index is -0.807. The van der Waals surface area contributed by atoms with Crippen molar-refractivity contribution in [1.29, 1.82) is 0 Å². The molecule has 6 heteroatoms. The van der Waals surface area contributed by atoms with Crippen LogP contribution in [0.1, 0.15) is 290 Å². The second-order valence-electron chi connectivity index (χ2n) is 20.6. The highest BCUT2D eigenvalue weighted by Gasteiger charge is 2.19. The van der Waals surface area contributed by atoms with Crippen molar-refractivity contribution in [3.63, 3.8) is 0 Å². The van der Waals surface area contributed by atoms with Gasteiger partial charge in [0.1, 0.15) is 13.2 Å². The molecule has 0 aliphatic heterocycles. The van der Waals surface area contributed by atoms with Crippen molar-refractivity contribution in [2.45, 2.75) is 297 Å². The van der Waals surface area contributed by atoms with Crippen LogP contribution in [0, 0.1) is 0 Å². The molecular weight excluding hydrogens is 925 g/mol. The van der Waals surface area contributed by atoms with E-state index < -0.39 is 6.10 Å². The van der Waals surface area contributed by atoms with Crippen LogP contribution in [0.4, 0.5) is 0 Å². The number of ether oxygens (including phenoxy) is 3. The zero-order valence-corrected chi connectivity index (χ0v) is 49.0. The SMILES string of the molecule is CC/C=C\C/C=C\C/C=C\C/C=C\C/C=C\CCCCCC(=O)OC[C@H](COC(=O)CCCCC/C=C\C/C=C\C/C=C\C/C=C\CCCCC)OC(=O)CCCCCCCCCCCCCCCCCCCCC. The van der Waals surface area contributed by atoms with E-state index in [0.717, 1.165) is 122 Å². The quantitative estimate of drug-likeness (QED) is 0.0261. The first-order valence-electron chi connectivity index (χ1n) is 31.4. The molecule has 0 aromatic rings. The lowest BCUT2D eigenvalue weighted by atomic mass is 10.0. The van der Waals surface area contributed by atoms with Crippen LogP contribution in [0.3, 0.4) is 0 Å². The van der Waals surface area contributed by atoms with Gasteiger partial charge in [0.25, 0.3) is 0 Å². The van der Waals surface area contributed by atoms with Crippen LogP contribution in [0.15, 0.2) is 109 Å². The van der Waals surface area contributed by atoms with Crippen LogP contribution in [0.2, 0.25) is 0 Å². The fourth-order valence-corrected chi connectivity index (χ4v) is 8.57. The van der Waals surface area contributed by atoms with Gasteiger partial charge >= 0.3 is 17.9 Å². The van der Waals surface area contributed by atoms with Crippen LogP contribution in [-0.2, 0) is 28.6 Å². The van der Waals surface area contributed by atoms with Crippen molar-refractivity contribution in [2.75, 3.05) is 13.2 Å². The molecule has 0 fully saturated rings. The third-order valence-electron chi connectivity index (χ3n) is 13.3. The van der Waals surface area contributed by atoms with Gasteiger partial charge in [0, 0.05) is 19.3 Å². The molecule has 0 N–H and O–H groups in total. The molecule has 0 heterocycles. The van der Waals surface area contributed by atoms with Crippen LogP contribution in [-0.4, -0.2) is 37.2 Å². The lowest BCUT2D eigenvalue weighted by Crippen LogP contribution is -2.30. The number of hydrogen-bond acceptors (Lipinski definition) is 6. The van der Waals surface area contributed by atoms with Crippen LogP contribution in [0.25, 0.3) is 0 Å². The summed E-state index contributed by atoms with van der Waals surface area (Å²) in [6.45, 7) is 6.47. The van der Waals surface area contributed by atoms with Crippen molar-refractivity contribution < 1.29 is 28.6 Å². The van der Waals surface area contributed by atoms with Gasteiger partial charge < -0.3 is 14.2 Å². The first-order chi connectivity index (χ1) is 37.0. The first kappa shape index (κ1) is 71.1. The molecule has 6 nitrogen and oxygen atoms in total. The van der Waals surface area contributed by atoms with E-state index in [1.165, 1.54) is 128 Å². The average Bonchev–Trinajstić information content (AvgIpc) is 3.41. The monoisotopic (exact) mass is 1040 g/mol. The van der Waals surface area contributed by atoms with E-state index in [4.69, 9.17) is 14.2 Å². The Balaban J connectivity index is 4.49. The Bertz CT molecular complexity index is 1520. The summed E-state index contributed by atoms with van der Waals surface area (Å²) >= 11 is 0. The van der Waals surface area contributed by atoms with Crippen molar-refractivity contribution in [3.8, 4) is 0 Å². The lowest BCUT2D eigenvalue weighted by Gasteiger charge is -2.18. The number of carbonyl (C=O) groups excluding carboxylic acids is 3. The maximum atomic E-state index is 12.9. The zero-order valence-electron chi connectivity index (χ0n) is 49.0. The Kier molecular flexibility index (Phi) is 59.3.